The van der Waals surface area contributed by atoms with E-state index in [4.69, 9.17) is 4.52 Å². The number of anilines is 1. The maximum atomic E-state index is 12.9. The standard InChI is InChI=1S/C16H17F3N2O2/c1-8(2)14-13(10(4)21-23-14)15(22)20-11-6-5-9(3)12(7-11)16(17,18)19/h5-8H,1-4H3,(H,20,22). The number of halogens is 3. The van der Waals surface area contributed by atoms with E-state index < -0.39 is 17.6 Å². The molecule has 1 aromatic carbocycles. The molecule has 2 rings (SSSR count). The lowest BCUT2D eigenvalue weighted by Gasteiger charge is -2.13. The second-order valence-electron chi connectivity index (χ2n) is 5.64. The highest BCUT2D eigenvalue weighted by atomic mass is 19.4. The summed E-state index contributed by atoms with van der Waals surface area (Å²) in [5.74, 6) is -0.201. The minimum atomic E-state index is -4.47. The minimum Gasteiger partial charge on any atom is -0.360 e. The van der Waals surface area contributed by atoms with Crippen molar-refractivity contribution in [3.05, 3.63) is 46.3 Å². The number of benzene rings is 1. The van der Waals surface area contributed by atoms with Gasteiger partial charge in [-0.15, -0.1) is 0 Å². The van der Waals surface area contributed by atoms with Gasteiger partial charge in [-0.1, -0.05) is 25.1 Å². The molecule has 0 bridgehead atoms. The molecule has 7 heteroatoms. The number of nitrogens with zero attached hydrogens (tertiary/aromatic N) is 1. The van der Waals surface area contributed by atoms with E-state index in [0.29, 0.717) is 11.5 Å². The molecule has 0 aliphatic heterocycles. The van der Waals surface area contributed by atoms with Gasteiger partial charge in [0, 0.05) is 11.6 Å². The number of rotatable bonds is 3. The third kappa shape index (κ3) is 3.55. The number of hydrogen-bond acceptors (Lipinski definition) is 3. The zero-order chi connectivity index (χ0) is 17.4. The molecule has 0 spiro atoms. The zero-order valence-electron chi connectivity index (χ0n) is 13.2. The fraction of sp³-hybridized carbons (Fsp3) is 0.375. The van der Waals surface area contributed by atoms with Gasteiger partial charge in [-0.3, -0.25) is 4.79 Å². The highest BCUT2D eigenvalue weighted by Crippen LogP contribution is 2.33. The molecule has 1 heterocycles. The van der Waals surface area contributed by atoms with Crippen molar-refractivity contribution in [1.82, 2.24) is 5.16 Å². The second-order valence-corrected chi connectivity index (χ2v) is 5.64. The van der Waals surface area contributed by atoms with Crippen molar-refractivity contribution in [2.45, 2.75) is 39.8 Å². The van der Waals surface area contributed by atoms with Crippen LogP contribution in [0.2, 0.25) is 0 Å². The van der Waals surface area contributed by atoms with Gasteiger partial charge in [0.25, 0.3) is 5.91 Å². The van der Waals surface area contributed by atoms with Gasteiger partial charge in [0.15, 0.2) is 5.76 Å². The van der Waals surface area contributed by atoms with Crippen LogP contribution in [0.5, 0.6) is 0 Å². The van der Waals surface area contributed by atoms with E-state index in [1.54, 1.807) is 6.92 Å². The molecular formula is C16H17F3N2O2. The summed E-state index contributed by atoms with van der Waals surface area (Å²) < 4.78 is 43.9. The number of aryl methyl sites for hydroxylation is 2. The van der Waals surface area contributed by atoms with Crippen molar-refractivity contribution < 1.29 is 22.5 Å². The molecule has 23 heavy (non-hydrogen) atoms. The Bertz CT molecular complexity index is 733. The van der Waals surface area contributed by atoms with E-state index in [1.165, 1.54) is 19.1 Å². The molecule has 1 amide bonds. The minimum absolute atomic E-state index is 0.0688. The molecule has 0 fully saturated rings. The Morgan fingerprint density at radius 2 is 1.91 bits per heavy atom. The molecule has 0 unspecified atom stereocenters. The first kappa shape index (κ1) is 17.1. The number of amides is 1. The van der Waals surface area contributed by atoms with E-state index in [-0.39, 0.29) is 22.7 Å². The van der Waals surface area contributed by atoms with Crippen LogP contribution in [0.15, 0.2) is 22.7 Å². The lowest BCUT2D eigenvalue weighted by Crippen LogP contribution is -2.16. The van der Waals surface area contributed by atoms with E-state index in [0.717, 1.165) is 6.07 Å². The van der Waals surface area contributed by atoms with Crippen LogP contribution in [-0.4, -0.2) is 11.1 Å². The fourth-order valence-electron chi connectivity index (χ4n) is 2.26. The molecule has 0 aliphatic carbocycles. The van der Waals surface area contributed by atoms with Crippen LogP contribution in [-0.2, 0) is 6.18 Å². The van der Waals surface area contributed by atoms with Gasteiger partial charge < -0.3 is 9.84 Å². The Morgan fingerprint density at radius 1 is 1.26 bits per heavy atom. The quantitative estimate of drug-likeness (QED) is 0.890. The molecule has 0 saturated carbocycles. The van der Waals surface area contributed by atoms with Gasteiger partial charge in [-0.25, -0.2) is 0 Å². The Hall–Kier alpha value is -2.31. The van der Waals surface area contributed by atoms with Crippen molar-refractivity contribution in [3.63, 3.8) is 0 Å². The van der Waals surface area contributed by atoms with E-state index in [2.05, 4.69) is 10.5 Å². The second kappa shape index (κ2) is 6.06. The number of carbonyl (C=O) groups is 1. The van der Waals surface area contributed by atoms with Crippen molar-refractivity contribution in [3.8, 4) is 0 Å². The van der Waals surface area contributed by atoms with Gasteiger partial charge in [0.05, 0.1) is 11.3 Å². The number of carbonyl (C=O) groups excluding carboxylic acids is 1. The van der Waals surface area contributed by atoms with Crippen molar-refractivity contribution in [2.24, 2.45) is 0 Å². The first-order valence-electron chi connectivity index (χ1n) is 7.06. The molecule has 1 aromatic heterocycles. The highest BCUT2D eigenvalue weighted by molar-refractivity contribution is 6.05. The fourth-order valence-corrected chi connectivity index (χ4v) is 2.26. The van der Waals surface area contributed by atoms with Crippen molar-refractivity contribution in [1.29, 1.82) is 0 Å². The molecule has 0 radical (unpaired) electrons. The normalized spacial score (nSPS) is 11.8. The summed E-state index contributed by atoms with van der Waals surface area (Å²) in [6.07, 6.45) is -4.47. The smallest absolute Gasteiger partial charge is 0.360 e. The summed E-state index contributed by atoms with van der Waals surface area (Å²) in [4.78, 5) is 12.4. The molecular weight excluding hydrogens is 309 g/mol. The average Bonchev–Trinajstić information content (AvgIpc) is 2.81. The Balaban J connectivity index is 2.33. The van der Waals surface area contributed by atoms with Crippen LogP contribution in [0.25, 0.3) is 0 Å². The Kier molecular flexibility index (Phi) is 4.49. The van der Waals surface area contributed by atoms with Gasteiger partial charge >= 0.3 is 6.18 Å². The van der Waals surface area contributed by atoms with Gasteiger partial charge in [0.1, 0.15) is 5.56 Å². The Morgan fingerprint density at radius 3 is 2.48 bits per heavy atom. The van der Waals surface area contributed by atoms with Gasteiger partial charge in [-0.2, -0.15) is 13.2 Å². The molecule has 2 aromatic rings. The maximum absolute atomic E-state index is 12.9. The van der Waals surface area contributed by atoms with Gasteiger partial charge in [0.2, 0.25) is 0 Å². The van der Waals surface area contributed by atoms with Crippen LogP contribution in [0.4, 0.5) is 18.9 Å². The van der Waals surface area contributed by atoms with Crippen LogP contribution in [0.3, 0.4) is 0 Å². The third-order valence-electron chi connectivity index (χ3n) is 3.44. The van der Waals surface area contributed by atoms with Crippen molar-refractivity contribution >= 4 is 11.6 Å². The topological polar surface area (TPSA) is 55.1 Å². The summed E-state index contributed by atoms with van der Waals surface area (Å²) in [6, 6.07) is 3.67. The first-order valence-corrected chi connectivity index (χ1v) is 7.06. The monoisotopic (exact) mass is 326 g/mol. The van der Waals surface area contributed by atoms with E-state index in [1.807, 2.05) is 13.8 Å². The summed E-state index contributed by atoms with van der Waals surface area (Å²) >= 11 is 0. The molecule has 1 N–H and O–H groups in total. The zero-order valence-corrected chi connectivity index (χ0v) is 13.2. The van der Waals surface area contributed by atoms with Crippen LogP contribution in [0.1, 0.15) is 52.7 Å². The Labute approximate surface area is 131 Å². The third-order valence-corrected chi connectivity index (χ3v) is 3.44. The van der Waals surface area contributed by atoms with Crippen molar-refractivity contribution in [2.75, 3.05) is 5.32 Å². The van der Waals surface area contributed by atoms with Gasteiger partial charge in [-0.05, 0) is 31.5 Å². The van der Waals surface area contributed by atoms with Crippen LogP contribution < -0.4 is 5.32 Å². The SMILES string of the molecule is Cc1ccc(NC(=O)c2c(C)noc2C(C)C)cc1C(F)(F)F. The molecule has 0 aliphatic rings. The first-order chi connectivity index (χ1) is 10.6. The number of nitrogens with one attached hydrogen (secondary N) is 1. The molecule has 0 saturated heterocycles. The molecule has 4 nitrogen and oxygen atoms in total. The average molecular weight is 326 g/mol. The number of hydrogen-bond donors (Lipinski definition) is 1. The predicted octanol–water partition coefficient (Wildman–Crippen LogP) is 4.69. The highest BCUT2D eigenvalue weighted by Gasteiger charge is 2.32. The molecule has 0 atom stereocenters. The number of aromatic nitrogens is 1. The maximum Gasteiger partial charge on any atom is 0.416 e. The van der Waals surface area contributed by atoms with E-state index in [9.17, 15) is 18.0 Å². The predicted molar refractivity (Wildman–Crippen MR) is 79.5 cm³/mol. The largest absolute Gasteiger partial charge is 0.416 e. The summed E-state index contributed by atoms with van der Waals surface area (Å²) in [7, 11) is 0. The lowest BCUT2D eigenvalue weighted by molar-refractivity contribution is -0.138. The number of alkyl halides is 3. The summed E-state index contributed by atoms with van der Waals surface area (Å²) in [5, 5.41) is 6.24. The van der Waals surface area contributed by atoms with Crippen LogP contribution in [0, 0.1) is 13.8 Å². The summed E-state index contributed by atoms with van der Waals surface area (Å²) in [6.45, 7) is 6.66. The van der Waals surface area contributed by atoms with Crippen LogP contribution >= 0.6 is 0 Å². The lowest BCUT2D eigenvalue weighted by atomic mass is 10.0. The van der Waals surface area contributed by atoms with E-state index >= 15 is 0 Å². The summed E-state index contributed by atoms with van der Waals surface area (Å²) in [5.41, 5.74) is 0.0488. The molecule has 124 valence electrons.